The first-order chi connectivity index (χ1) is 11.8. The van der Waals surface area contributed by atoms with Gasteiger partial charge in [0.2, 0.25) is 0 Å². The van der Waals surface area contributed by atoms with E-state index in [4.69, 9.17) is 0 Å². The van der Waals surface area contributed by atoms with Gasteiger partial charge in [-0.15, -0.1) is 0 Å². The van der Waals surface area contributed by atoms with Crippen LogP contribution in [-0.2, 0) is 4.79 Å². The largest absolute Gasteiger partial charge is 0.480 e. The molecule has 9 heteroatoms. The lowest BCUT2D eigenvalue weighted by Crippen LogP contribution is -2.52. The summed E-state index contributed by atoms with van der Waals surface area (Å²) in [4.78, 5) is 34.0. The van der Waals surface area contributed by atoms with Crippen LogP contribution in [-0.4, -0.2) is 37.2 Å². The minimum Gasteiger partial charge on any atom is -0.480 e. The fourth-order valence-electron chi connectivity index (χ4n) is 2.38. The topological polar surface area (TPSA) is 127 Å². The Bertz CT molecular complexity index is 816. The molecule has 1 aromatic carbocycles. The number of nitrogens with zero attached hydrogens (tertiary/aromatic N) is 3. The van der Waals surface area contributed by atoms with Crippen LogP contribution in [0.25, 0.3) is 5.69 Å². The van der Waals surface area contributed by atoms with Crippen LogP contribution in [0.3, 0.4) is 0 Å². The molecule has 2 aromatic rings. The van der Waals surface area contributed by atoms with Gasteiger partial charge in [0.05, 0.1) is 10.6 Å². The van der Waals surface area contributed by atoms with Crippen molar-refractivity contribution < 1.29 is 19.6 Å². The van der Waals surface area contributed by atoms with Crippen molar-refractivity contribution in [3.8, 4) is 5.69 Å². The van der Waals surface area contributed by atoms with Crippen molar-refractivity contribution >= 4 is 17.6 Å². The first-order valence-corrected chi connectivity index (χ1v) is 7.63. The molecule has 1 unspecified atom stereocenters. The Morgan fingerprint density at radius 3 is 2.72 bits per heavy atom. The third kappa shape index (κ3) is 4.00. The van der Waals surface area contributed by atoms with E-state index in [1.54, 1.807) is 6.07 Å². The van der Waals surface area contributed by atoms with Crippen molar-refractivity contribution in [3.63, 3.8) is 0 Å². The highest BCUT2D eigenvalue weighted by molar-refractivity contribution is 5.96. The maximum absolute atomic E-state index is 12.3. The van der Waals surface area contributed by atoms with Crippen molar-refractivity contribution in [2.75, 3.05) is 0 Å². The van der Waals surface area contributed by atoms with E-state index in [2.05, 4.69) is 10.4 Å². The third-order valence-corrected chi connectivity index (χ3v) is 3.74. The predicted octanol–water partition coefficient (Wildman–Crippen LogP) is 2.15. The van der Waals surface area contributed by atoms with E-state index >= 15 is 0 Å². The summed E-state index contributed by atoms with van der Waals surface area (Å²) in [7, 11) is 0. The number of hydrogen-bond acceptors (Lipinski definition) is 5. The van der Waals surface area contributed by atoms with Gasteiger partial charge < -0.3 is 10.4 Å². The second kappa shape index (κ2) is 7.12. The molecule has 0 fully saturated rings. The number of benzene rings is 1. The van der Waals surface area contributed by atoms with Crippen LogP contribution < -0.4 is 5.32 Å². The molecule has 0 aliphatic heterocycles. The van der Waals surface area contributed by atoms with E-state index in [0.29, 0.717) is 12.1 Å². The molecular formula is C16H18N4O5. The Kier molecular flexibility index (Phi) is 5.16. The molecule has 9 nitrogen and oxygen atoms in total. The van der Waals surface area contributed by atoms with Crippen LogP contribution in [0.2, 0.25) is 0 Å². The van der Waals surface area contributed by atoms with Crippen LogP contribution in [0.5, 0.6) is 0 Å². The molecule has 2 N–H and O–H groups in total. The molecule has 1 atom stereocenters. The molecule has 2 rings (SSSR count). The smallest absolute Gasteiger partial charge is 0.329 e. The molecule has 1 heterocycles. The zero-order chi connectivity index (χ0) is 18.6. The Balaban J connectivity index is 2.23. The number of carboxylic acid groups (broad SMARTS) is 1. The summed E-state index contributed by atoms with van der Waals surface area (Å²) >= 11 is 0. The van der Waals surface area contributed by atoms with Crippen molar-refractivity contribution in [1.82, 2.24) is 15.1 Å². The molecule has 0 radical (unpaired) electrons. The zero-order valence-electron chi connectivity index (χ0n) is 13.8. The fourth-order valence-corrected chi connectivity index (χ4v) is 2.38. The standard InChI is InChI=1S/C16H18N4O5/c1-3-8-16(2,15(22)23)17-14(21)13-7-9-19(18-13)11-5-4-6-12(10-11)20(24)25/h4-7,9-10H,3,8H2,1-2H3,(H,17,21)(H,22,23). The lowest BCUT2D eigenvalue weighted by molar-refractivity contribution is -0.384. The Morgan fingerprint density at radius 1 is 1.40 bits per heavy atom. The Morgan fingerprint density at radius 2 is 2.12 bits per heavy atom. The summed E-state index contributed by atoms with van der Waals surface area (Å²) < 4.78 is 1.32. The van der Waals surface area contributed by atoms with Gasteiger partial charge in [-0.3, -0.25) is 14.9 Å². The third-order valence-electron chi connectivity index (χ3n) is 3.74. The first-order valence-electron chi connectivity index (χ1n) is 7.63. The summed E-state index contributed by atoms with van der Waals surface area (Å²) in [6.07, 6.45) is 2.34. The highest BCUT2D eigenvalue weighted by atomic mass is 16.6. The maximum atomic E-state index is 12.3. The number of carboxylic acids is 1. The molecule has 0 bridgehead atoms. The average Bonchev–Trinajstić information content (AvgIpc) is 3.05. The first kappa shape index (κ1) is 18.1. The van der Waals surface area contributed by atoms with Gasteiger partial charge in [-0.1, -0.05) is 19.4 Å². The maximum Gasteiger partial charge on any atom is 0.329 e. The highest BCUT2D eigenvalue weighted by Crippen LogP contribution is 2.17. The van der Waals surface area contributed by atoms with Gasteiger partial charge in [0.1, 0.15) is 5.54 Å². The van der Waals surface area contributed by atoms with Gasteiger partial charge in [0.25, 0.3) is 11.6 Å². The monoisotopic (exact) mass is 346 g/mol. The Hall–Kier alpha value is -3.23. The van der Waals surface area contributed by atoms with Crippen LogP contribution in [0, 0.1) is 10.1 Å². The highest BCUT2D eigenvalue weighted by Gasteiger charge is 2.34. The minimum absolute atomic E-state index is 0.0232. The van der Waals surface area contributed by atoms with Crippen molar-refractivity contribution in [2.24, 2.45) is 0 Å². The SMILES string of the molecule is CCCC(C)(NC(=O)c1ccn(-c2cccc([N+](=O)[O-])c2)n1)C(=O)O. The van der Waals surface area contributed by atoms with Crippen LogP contribution in [0.15, 0.2) is 36.5 Å². The lowest BCUT2D eigenvalue weighted by atomic mass is 9.96. The molecule has 0 spiro atoms. The number of nitro benzene ring substituents is 1. The average molecular weight is 346 g/mol. The molecule has 0 saturated carbocycles. The van der Waals surface area contributed by atoms with E-state index in [1.165, 1.54) is 42.1 Å². The number of rotatable bonds is 7. The summed E-state index contributed by atoms with van der Waals surface area (Å²) in [6, 6.07) is 7.22. The number of non-ortho nitro benzene ring substituents is 1. The zero-order valence-corrected chi connectivity index (χ0v) is 13.8. The van der Waals surface area contributed by atoms with Gasteiger partial charge in [0.15, 0.2) is 5.69 Å². The molecule has 25 heavy (non-hydrogen) atoms. The second-order valence-electron chi connectivity index (χ2n) is 5.76. The second-order valence-corrected chi connectivity index (χ2v) is 5.76. The van der Waals surface area contributed by atoms with Gasteiger partial charge in [0, 0.05) is 18.3 Å². The number of nitrogens with one attached hydrogen (secondary N) is 1. The van der Waals surface area contributed by atoms with Gasteiger partial charge >= 0.3 is 5.97 Å². The van der Waals surface area contributed by atoms with E-state index < -0.39 is 22.3 Å². The normalized spacial score (nSPS) is 13.0. The predicted molar refractivity (Wildman–Crippen MR) is 88.6 cm³/mol. The number of amides is 1. The molecule has 132 valence electrons. The van der Waals surface area contributed by atoms with Gasteiger partial charge in [-0.25, -0.2) is 9.48 Å². The number of aromatic nitrogens is 2. The van der Waals surface area contributed by atoms with Crippen molar-refractivity contribution in [3.05, 3.63) is 52.3 Å². The minimum atomic E-state index is -1.39. The number of aliphatic carboxylic acids is 1. The number of hydrogen-bond donors (Lipinski definition) is 2. The van der Waals surface area contributed by atoms with Crippen LogP contribution in [0.1, 0.15) is 37.2 Å². The van der Waals surface area contributed by atoms with E-state index in [0.717, 1.165) is 0 Å². The molecule has 0 aliphatic rings. The molecule has 1 aromatic heterocycles. The number of carbonyl (C=O) groups excluding carboxylic acids is 1. The van der Waals surface area contributed by atoms with E-state index in [9.17, 15) is 24.8 Å². The summed E-state index contributed by atoms with van der Waals surface area (Å²) in [5.74, 6) is -1.75. The van der Waals surface area contributed by atoms with E-state index in [1.807, 2.05) is 6.92 Å². The molecule has 1 amide bonds. The quantitative estimate of drug-likeness (QED) is 0.584. The van der Waals surface area contributed by atoms with Gasteiger partial charge in [-0.2, -0.15) is 5.10 Å². The van der Waals surface area contributed by atoms with Crippen LogP contribution >= 0.6 is 0 Å². The number of nitro groups is 1. The summed E-state index contributed by atoms with van der Waals surface area (Å²) in [5.41, 5.74) is -1.04. The lowest BCUT2D eigenvalue weighted by Gasteiger charge is -2.25. The van der Waals surface area contributed by atoms with Crippen molar-refractivity contribution in [2.45, 2.75) is 32.2 Å². The van der Waals surface area contributed by atoms with E-state index in [-0.39, 0.29) is 17.8 Å². The summed E-state index contributed by atoms with van der Waals surface area (Å²) in [5, 5.41) is 26.7. The molecule has 0 aliphatic carbocycles. The fraction of sp³-hybridized carbons (Fsp3) is 0.312. The molecule has 0 saturated heterocycles. The molecular weight excluding hydrogens is 328 g/mol. The van der Waals surface area contributed by atoms with Gasteiger partial charge in [-0.05, 0) is 25.5 Å². The van der Waals surface area contributed by atoms with Crippen molar-refractivity contribution in [1.29, 1.82) is 0 Å². The summed E-state index contributed by atoms with van der Waals surface area (Å²) in [6.45, 7) is 3.26. The number of carbonyl (C=O) groups is 2. The van der Waals surface area contributed by atoms with Crippen LogP contribution in [0.4, 0.5) is 5.69 Å². The Labute approximate surface area is 143 Å².